The lowest BCUT2D eigenvalue weighted by molar-refractivity contribution is -0.118. The number of carbonyl (C=O) groups is 1. The minimum atomic E-state index is -0.0907. The Kier molecular flexibility index (Phi) is 4.35. The summed E-state index contributed by atoms with van der Waals surface area (Å²) in [6.07, 6.45) is 1.43. The maximum atomic E-state index is 12.6. The molecular formula is C19H21ClN4OS. The van der Waals surface area contributed by atoms with E-state index in [4.69, 9.17) is 11.6 Å². The second-order valence-electron chi connectivity index (χ2n) is 7.68. The normalized spacial score (nSPS) is 21.2. The van der Waals surface area contributed by atoms with E-state index in [9.17, 15) is 4.79 Å². The Labute approximate surface area is 162 Å². The van der Waals surface area contributed by atoms with Crippen LogP contribution in [0.2, 0.25) is 5.02 Å². The zero-order valence-electron chi connectivity index (χ0n) is 15.0. The molecule has 0 amide bonds. The first-order valence-electron chi connectivity index (χ1n) is 8.70. The van der Waals surface area contributed by atoms with Gasteiger partial charge in [0.25, 0.3) is 0 Å². The van der Waals surface area contributed by atoms with Crippen LogP contribution in [0.4, 0.5) is 5.95 Å². The molecule has 2 aromatic rings. The number of thioether (sulfide) groups is 1. The largest absolute Gasteiger partial charge is 0.328 e. The number of hydrogen-bond donors (Lipinski definition) is 1. The molecule has 1 aliphatic heterocycles. The van der Waals surface area contributed by atoms with Crippen LogP contribution in [-0.2, 0) is 10.5 Å². The lowest BCUT2D eigenvalue weighted by atomic mass is 9.74. The second-order valence-corrected chi connectivity index (χ2v) is 9.03. The predicted octanol–water partition coefficient (Wildman–Crippen LogP) is 4.85. The molecule has 0 spiro atoms. The van der Waals surface area contributed by atoms with Crippen molar-refractivity contribution in [2.24, 2.45) is 5.41 Å². The fourth-order valence-electron chi connectivity index (χ4n) is 3.67. The molecule has 0 bridgehead atoms. The molecule has 7 heteroatoms. The molecular weight excluding hydrogens is 368 g/mol. The molecule has 0 saturated heterocycles. The highest BCUT2D eigenvalue weighted by Crippen LogP contribution is 2.43. The van der Waals surface area contributed by atoms with Gasteiger partial charge in [-0.1, -0.05) is 55.4 Å². The molecule has 4 rings (SSSR count). The summed E-state index contributed by atoms with van der Waals surface area (Å²) in [6.45, 7) is 6.28. The van der Waals surface area contributed by atoms with Crippen LogP contribution in [0.3, 0.4) is 0 Å². The summed E-state index contributed by atoms with van der Waals surface area (Å²) in [4.78, 5) is 17.3. The fraction of sp³-hybridized carbons (Fsp3) is 0.421. The van der Waals surface area contributed by atoms with Gasteiger partial charge in [-0.05, 0) is 30.4 Å². The van der Waals surface area contributed by atoms with Crippen LogP contribution in [0.15, 0.2) is 40.7 Å². The molecule has 1 aliphatic carbocycles. The number of aromatic nitrogens is 3. The third-order valence-corrected chi connectivity index (χ3v) is 6.15. The van der Waals surface area contributed by atoms with Gasteiger partial charge in [0.2, 0.25) is 11.1 Å². The van der Waals surface area contributed by atoms with E-state index >= 15 is 0 Å². The highest BCUT2D eigenvalue weighted by Gasteiger charge is 2.39. The van der Waals surface area contributed by atoms with E-state index in [1.54, 1.807) is 11.8 Å². The summed E-state index contributed by atoms with van der Waals surface area (Å²) < 4.78 is 1.82. The average Bonchev–Trinajstić information content (AvgIpc) is 2.96. The van der Waals surface area contributed by atoms with E-state index < -0.39 is 0 Å². The summed E-state index contributed by atoms with van der Waals surface area (Å²) in [7, 11) is 0. The van der Waals surface area contributed by atoms with Crippen molar-refractivity contribution in [1.29, 1.82) is 0 Å². The van der Waals surface area contributed by atoms with Crippen molar-refractivity contribution in [2.45, 2.75) is 50.6 Å². The van der Waals surface area contributed by atoms with Crippen molar-refractivity contribution in [2.75, 3.05) is 5.32 Å². The van der Waals surface area contributed by atoms with Crippen molar-refractivity contribution in [3.8, 4) is 0 Å². The van der Waals surface area contributed by atoms with Crippen LogP contribution < -0.4 is 5.32 Å². The Bertz CT molecular complexity index is 918. The van der Waals surface area contributed by atoms with Crippen LogP contribution in [0, 0.1) is 5.41 Å². The molecule has 1 atom stereocenters. The summed E-state index contributed by atoms with van der Waals surface area (Å²) in [5, 5.41) is 9.41. The van der Waals surface area contributed by atoms with E-state index in [1.165, 1.54) is 0 Å². The molecule has 2 heterocycles. The number of fused-ring (bicyclic) bond motifs is 1. The Hall–Kier alpha value is -1.79. The quantitative estimate of drug-likeness (QED) is 0.761. The van der Waals surface area contributed by atoms with Gasteiger partial charge < -0.3 is 5.32 Å². The first kappa shape index (κ1) is 17.6. The molecule has 0 radical (unpaired) electrons. The molecule has 1 N–H and O–H groups in total. The number of nitrogens with zero attached hydrogens (tertiary/aromatic N) is 3. The zero-order chi connectivity index (χ0) is 18.5. The first-order valence-corrected chi connectivity index (χ1v) is 10.1. The number of hydrogen-bond acceptors (Lipinski definition) is 5. The number of halogens is 1. The zero-order valence-corrected chi connectivity index (χ0v) is 16.6. The Morgan fingerprint density at radius 2 is 2.12 bits per heavy atom. The van der Waals surface area contributed by atoms with Gasteiger partial charge in [0.1, 0.15) is 0 Å². The standard InChI is InChI=1S/C19H21ClN4OS/c1-11-16-14(8-19(2,3)9-15(16)25)21-17-22-18(23-24(11)17)26-10-12-6-4-5-7-13(12)20/h4-7,11H,8-10H2,1-3H3,(H,21,22,23). The van der Waals surface area contributed by atoms with Crippen LogP contribution in [0.25, 0.3) is 0 Å². The molecule has 1 aromatic heterocycles. The van der Waals surface area contributed by atoms with Gasteiger partial charge in [0.05, 0.1) is 6.04 Å². The second kappa shape index (κ2) is 6.43. The van der Waals surface area contributed by atoms with Gasteiger partial charge in [0.15, 0.2) is 5.78 Å². The third-order valence-electron chi connectivity index (χ3n) is 4.89. The van der Waals surface area contributed by atoms with Crippen molar-refractivity contribution in [3.63, 3.8) is 0 Å². The number of benzene rings is 1. The van der Waals surface area contributed by atoms with Crippen LogP contribution >= 0.6 is 23.4 Å². The number of carbonyl (C=O) groups excluding carboxylic acids is 1. The van der Waals surface area contributed by atoms with Gasteiger partial charge in [-0.3, -0.25) is 4.79 Å². The van der Waals surface area contributed by atoms with Crippen molar-refractivity contribution < 1.29 is 4.79 Å². The monoisotopic (exact) mass is 388 g/mol. The minimum absolute atomic E-state index is 0.0214. The van der Waals surface area contributed by atoms with Crippen LogP contribution in [-0.4, -0.2) is 20.5 Å². The van der Waals surface area contributed by atoms with Gasteiger partial charge in [-0.25, -0.2) is 4.68 Å². The Balaban J connectivity index is 1.56. The molecule has 1 unspecified atom stereocenters. The number of allylic oxidation sites excluding steroid dienone is 2. The van der Waals surface area contributed by atoms with Gasteiger partial charge in [0, 0.05) is 28.5 Å². The fourth-order valence-corrected chi connectivity index (χ4v) is 4.78. The minimum Gasteiger partial charge on any atom is -0.328 e. The smallest absolute Gasteiger partial charge is 0.227 e. The van der Waals surface area contributed by atoms with Crippen molar-refractivity contribution >= 4 is 35.1 Å². The van der Waals surface area contributed by atoms with Gasteiger partial charge in [-0.2, -0.15) is 4.98 Å². The number of ketones is 1. The summed E-state index contributed by atoms with van der Waals surface area (Å²) in [5.41, 5.74) is 2.89. The van der Waals surface area contributed by atoms with Gasteiger partial charge in [-0.15, -0.1) is 5.10 Å². The number of nitrogens with one attached hydrogen (secondary N) is 1. The number of rotatable bonds is 3. The first-order chi connectivity index (χ1) is 12.3. The van der Waals surface area contributed by atoms with E-state index in [2.05, 4.69) is 29.2 Å². The lowest BCUT2D eigenvalue weighted by Crippen LogP contribution is -2.35. The predicted molar refractivity (Wildman–Crippen MR) is 104 cm³/mol. The van der Waals surface area contributed by atoms with E-state index in [-0.39, 0.29) is 17.2 Å². The number of Topliss-reactive ketones (excluding diaryl/α,β-unsaturated/α-hetero) is 1. The maximum absolute atomic E-state index is 12.6. The molecule has 1 aromatic carbocycles. The Morgan fingerprint density at radius 3 is 2.88 bits per heavy atom. The number of anilines is 1. The van der Waals surface area contributed by atoms with Crippen molar-refractivity contribution in [1.82, 2.24) is 14.8 Å². The average molecular weight is 389 g/mol. The van der Waals surface area contributed by atoms with Crippen LogP contribution in [0.5, 0.6) is 0 Å². The summed E-state index contributed by atoms with van der Waals surface area (Å²) >= 11 is 7.77. The van der Waals surface area contributed by atoms with Crippen molar-refractivity contribution in [3.05, 3.63) is 46.1 Å². The topological polar surface area (TPSA) is 59.8 Å². The molecule has 136 valence electrons. The van der Waals surface area contributed by atoms with E-state index in [0.29, 0.717) is 23.3 Å². The summed E-state index contributed by atoms with van der Waals surface area (Å²) in [6, 6.07) is 7.70. The highest BCUT2D eigenvalue weighted by atomic mass is 35.5. The molecule has 2 aliphatic rings. The van der Waals surface area contributed by atoms with Gasteiger partial charge >= 0.3 is 0 Å². The molecule has 0 saturated carbocycles. The Morgan fingerprint density at radius 1 is 1.35 bits per heavy atom. The summed E-state index contributed by atoms with van der Waals surface area (Å²) in [5.74, 6) is 1.63. The van der Waals surface area contributed by atoms with E-state index in [0.717, 1.165) is 28.3 Å². The molecule has 0 fully saturated rings. The van der Waals surface area contributed by atoms with Crippen LogP contribution in [0.1, 0.15) is 45.2 Å². The SMILES string of the molecule is CC1C2=C(CC(C)(C)CC2=O)Nc2nc(SCc3ccccc3Cl)nn21. The highest BCUT2D eigenvalue weighted by molar-refractivity contribution is 7.98. The molecule has 5 nitrogen and oxygen atoms in total. The molecule has 26 heavy (non-hydrogen) atoms. The third kappa shape index (κ3) is 3.16. The lowest BCUT2D eigenvalue weighted by Gasteiger charge is -2.36. The van der Waals surface area contributed by atoms with E-state index in [1.807, 2.05) is 35.9 Å². The maximum Gasteiger partial charge on any atom is 0.227 e.